The summed E-state index contributed by atoms with van der Waals surface area (Å²) < 4.78 is 7.09. The molecule has 3 rings (SSSR count). The van der Waals surface area contributed by atoms with E-state index in [0.29, 0.717) is 28.0 Å². The minimum Gasteiger partial charge on any atom is -0.461 e. The first-order valence-corrected chi connectivity index (χ1v) is 8.50. The van der Waals surface area contributed by atoms with Crippen molar-refractivity contribution in [1.82, 2.24) is 14.8 Å². The Hall–Kier alpha value is -2.87. The number of aromatic nitrogens is 3. The van der Waals surface area contributed by atoms with Crippen LogP contribution in [-0.4, -0.2) is 32.2 Å². The Kier molecular flexibility index (Phi) is 4.99. The zero-order valence-electron chi connectivity index (χ0n) is 13.7. The van der Waals surface area contributed by atoms with E-state index in [1.165, 1.54) is 18.7 Å². The maximum atomic E-state index is 12.1. The summed E-state index contributed by atoms with van der Waals surface area (Å²) in [5.74, 6) is 1.24. The molecular formula is C17H16N4O3S. The summed E-state index contributed by atoms with van der Waals surface area (Å²) >= 11 is 1.28. The maximum absolute atomic E-state index is 12.1. The van der Waals surface area contributed by atoms with E-state index in [0.717, 1.165) is 0 Å². The normalized spacial score (nSPS) is 10.6. The molecule has 1 aromatic carbocycles. The monoisotopic (exact) mass is 356 g/mol. The zero-order chi connectivity index (χ0) is 17.8. The lowest BCUT2D eigenvalue weighted by Crippen LogP contribution is -2.14. The summed E-state index contributed by atoms with van der Waals surface area (Å²) in [5.41, 5.74) is 1.25. The van der Waals surface area contributed by atoms with Gasteiger partial charge in [-0.25, -0.2) is 0 Å². The summed E-state index contributed by atoms with van der Waals surface area (Å²) in [7, 11) is 1.82. The fraction of sp³-hybridized carbons (Fsp3) is 0.176. The molecule has 2 heterocycles. The first-order chi connectivity index (χ1) is 12.0. The molecule has 0 atom stereocenters. The molecule has 0 unspecified atom stereocenters. The van der Waals surface area contributed by atoms with Gasteiger partial charge in [0, 0.05) is 18.3 Å². The summed E-state index contributed by atoms with van der Waals surface area (Å²) in [6.45, 7) is 1.50. The smallest absolute Gasteiger partial charge is 0.234 e. The summed E-state index contributed by atoms with van der Waals surface area (Å²) in [6, 6.07) is 10.4. The number of thioether (sulfide) groups is 1. The Balaban J connectivity index is 1.58. The number of furan rings is 1. The van der Waals surface area contributed by atoms with Crippen LogP contribution in [0.15, 0.2) is 52.2 Å². The van der Waals surface area contributed by atoms with Gasteiger partial charge in [0.15, 0.2) is 22.5 Å². The lowest BCUT2D eigenvalue weighted by Gasteiger charge is -2.06. The molecule has 8 heteroatoms. The van der Waals surface area contributed by atoms with Gasteiger partial charge in [0.2, 0.25) is 5.91 Å². The van der Waals surface area contributed by atoms with Gasteiger partial charge in [-0.2, -0.15) is 0 Å². The SMILES string of the molecule is CC(=O)c1ccc(NC(=O)CSc2nnc(-c3ccco3)n2C)cc1. The van der Waals surface area contributed by atoms with Gasteiger partial charge >= 0.3 is 0 Å². The average Bonchev–Trinajstić information content (AvgIpc) is 3.23. The van der Waals surface area contributed by atoms with Crippen LogP contribution in [0.1, 0.15) is 17.3 Å². The van der Waals surface area contributed by atoms with E-state index in [9.17, 15) is 9.59 Å². The van der Waals surface area contributed by atoms with Crippen LogP contribution in [0.25, 0.3) is 11.6 Å². The van der Waals surface area contributed by atoms with Crippen molar-refractivity contribution in [2.75, 3.05) is 11.1 Å². The van der Waals surface area contributed by atoms with Crippen LogP contribution >= 0.6 is 11.8 Å². The Morgan fingerprint density at radius 3 is 2.60 bits per heavy atom. The highest BCUT2D eigenvalue weighted by molar-refractivity contribution is 7.99. The van der Waals surface area contributed by atoms with E-state index in [1.807, 2.05) is 7.05 Å². The Bertz CT molecular complexity index is 885. The van der Waals surface area contributed by atoms with Gasteiger partial charge in [0.1, 0.15) is 0 Å². The van der Waals surface area contributed by atoms with E-state index in [4.69, 9.17) is 4.42 Å². The molecule has 0 spiro atoms. The van der Waals surface area contributed by atoms with Crippen molar-refractivity contribution in [3.8, 4) is 11.6 Å². The van der Waals surface area contributed by atoms with E-state index < -0.39 is 0 Å². The Labute approximate surface area is 148 Å². The van der Waals surface area contributed by atoms with Gasteiger partial charge in [-0.15, -0.1) is 10.2 Å². The van der Waals surface area contributed by atoms with Crippen molar-refractivity contribution in [2.24, 2.45) is 7.05 Å². The van der Waals surface area contributed by atoms with Gasteiger partial charge in [-0.05, 0) is 43.3 Å². The third-order valence-electron chi connectivity index (χ3n) is 3.48. The highest BCUT2D eigenvalue weighted by atomic mass is 32.2. The van der Waals surface area contributed by atoms with E-state index in [-0.39, 0.29) is 17.4 Å². The molecular weight excluding hydrogens is 340 g/mol. The Morgan fingerprint density at radius 1 is 1.20 bits per heavy atom. The van der Waals surface area contributed by atoms with Crippen molar-refractivity contribution in [2.45, 2.75) is 12.1 Å². The largest absolute Gasteiger partial charge is 0.461 e. The zero-order valence-corrected chi connectivity index (χ0v) is 14.5. The number of rotatable bonds is 6. The van der Waals surface area contributed by atoms with Crippen LogP contribution in [0.5, 0.6) is 0 Å². The minimum atomic E-state index is -0.164. The minimum absolute atomic E-state index is 0.0110. The van der Waals surface area contributed by atoms with Crippen LogP contribution in [0, 0.1) is 0 Å². The molecule has 0 fully saturated rings. The van der Waals surface area contributed by atoms with Crippen molar-refractivity contribution < 1.29 is 14.0 Å². The van der Waals surface area contributed by atoms with E-state index in [1.54, 1.807) is 47.2 Å². The molecule has 2 aromatic heterocycles. The van der Waals surface area contributed by atoms with Crippen LogP contribution in [0.2, 0.25) is 0 Å². The highest BCUT2D eigenvalue weighted by Gasteiger charge is 2.14. The number of carbonyl (C=O) groups is 2. The first kappa shape index (κ1) is 17.0. The average molecular weight is 356 g/mol. The predicted octanol–water partition coefficient (Wildman–Crippen LogP) is 3.01. The molecule has 0 aliphatic rings. The molecule has 0 saturated carbocycles. The molecule has 1 N–H and O–H groups in total. The third-order valence-corrected chi connectivity index (χ3v) is 4.50. The van der Waals surface area contributed by atoms with E-state index >= 15 is 0 Å². The molecule has 128 valence electrons. The predicted molar refractivity (Wildman–Crippen MR) is 94.5 cm³/mol. The van der Waals surface area contributed by atoms with Crippen molar-refractivity contribution >= 4 is 29.1 Å². The molecule has 0 bridgehead atoms. The summed E-state index contributed by atoms with van der Waals surface area (Å²) in [6.07, 6.45) is 1.57. The van der Waals surface area contributed by atoms with E-state index in [2.05, 4.69) is 15.5 Å². The Morgan fingerprint density at radius 2 is 1.96 bits per heavy atom. The number of benzene rings is 1. The molecule has 25 heavy (non-hydrogen) atoms. The van der Waals surface area contributed by atoms with Gasteiger partial charge in [0.25, 0.3) is 0 Å². The standard InChI is InChI=1S/C17H16N4O3S/c1-11(22)12-5-7-13(8-6-12)18-15(23)10-25-17-20-19-16(21(17)2)14-4-3-9-24-14/h3-9H,10H2,1-2H3,(H,18,23). The lowest BCUT2D eigenvalue weighted by atomic mass is 10.1. The van der Waals surface area contributed by atoms with Gasteiger partial charge in [-0.1, -0.05) is 11.8 Å². The number of anilines is 1. The fourth-order valence-corrected chi connectivity index (χ4v) is 2.89. The molecule has 7 nitrogen and oxygen atoms in total. The molecule has 0 aliphatic heterocycles. The fourth-order valence-electron chi connectivity index (χ4n) is 2.18. The molecule has 0 saturated heterocycles. The molecule has 1 amide bonds. The van der Waals surface area contributed by atoms with Gasteiger partial charge in [0.05, 0.1) is 12.0 Å². The molecule has 3 aromatic rings. The second-order valence-electron chi connectivity index (χ2n) is 5.31. The number of ketones is 1. The van der Waals surface area contributed by atoms with Crippen LogP contribution in [-0.2, 0) is 11.8 Å². The highest BCUT2D eigenvalue weighted by Crippen LogP contribution is 2.23. The number of nitrogens with zero attached hydrogens (tertiary/aromatic N) is 3. The number of Topliss-reactive ketones (excluding diaryl/α,β-unsaturated/α-hetero) is 1. The topological polar surface area (TPSA) is 90.0 Å². The van der Waals surface area contributed by atoms with Crippen molar-refractivity contribution in [3.05, 3.63) is 48.2 Å². The van der Waals surface area contributed by atoms with Crippen LogP contribution in [0.3, 0.4) is 0 Å². The molecule has 0 radical (unpaired) electrons. The number of carbonyl (C=O) groups excluding carboxylic acids is 2. The third kappa shape index (κ3) is 3.97. The van der Waals surface area contributed by atoms with Gasteiger partial charge in [-0.3, -0.25) is 9.59 Å². The summed E-state index contributed by atoms with van der Waals surface area (Å²) in [4.78, 5) is 23.3. The number of amides is 1. The van der Waals surface area contributed by atoms with Crippen LogP contribution in [0.4, 0.5) is 5.69 Å². The number of nitrogens with one attached hydrogen (secondary N) is 1. The summed E-state index contributed by atoms with van der Waals surface area (Å²) in [5, 5.41) is 11.6. The van der Waals surface area contributed by atoms with Gasteiger partial charge < -0.3 is 14.3 Å². The number of hydrogen-bond donors (Lipinski definition) is 1. The first-order valence-electron chi connectivity index (χ1n) is 7.51. The second kappa shape index (κ2) is 7.35. The van der Waals surface area contributed by atoms with Crippen molar-refractivity contribution in [3.63, 3.8) is 0 Å². The molecule has 0 aliphatic carbocycles. The van der Waals surface area contributed by atoms with Crippen LogP contribution < -0.4 is 5.32 Å². The number of hydrogen-bond acceptors (Lipinski definition) is 6. The lowest BCUT2D eigenvalue weighted by molar-refractivity contribution is -0.113. The maximum Gasteiger partial charge on any atom is 0.234 e. The quantitative estimate of drug-likeness (QED) is 0.539. The second-order valence-corrected chi connectivity index (χ2v) is 6.26. The van der Waals surface area contributed by atoms with Crippen molar-refractivity contribution in [1.29, 1.82) is 0 Å².